The van der Waals surface area contributed by atoms with Gasteiger partial charge >= 0.3 is 10.2 Å². The Bertz CT molecular complexity index is 1410. The zero-order chi connectivity index (χ0) is 29.6. The van der Waals surface area contributed by atoms with Crippen molar-refractivity contribution in [2.75, 3.05) is 37.6 Å². The third kappa shape index (κ3) is 7.12. The molecule has 3 aromatic rings. The van der Waals surface area contributed by atoms with E-state index in [0.29, 0.717) is 0 Å². The molecule has 0 radical (unpaired) electrons. The highest BCUT2D eigenvalue weighted by Gasteiger charge is 2.44. The van der Waals surface area contributed by atoms with E-state index in [1.165, 1.54) is 42.9 Å². The van der Waals surface area contributed by atoms with Gasteiger partial charge in [0, 0.05) is 17.8 Å². The highest BCUT2D eigenvalue weighted by molar-refractivity contribution is 7.88. The van der Waals surface area contributed by atoms with Gasteiger partial charge in [0.05, 0.1) is 26.0 Å². The predicted molar refractivity (Wildman–Crippen MR) is 143 cm³/mol. The van der Waals surface area contributed by atoms with E-state index in [9.17, 15) is 28.5 Å². The summed E-state index contributed by atoms with van der Waals surface area (Å²) < 4.78 is 35.2. The number of aromatic nitrogens is 4. The maximum Gasteiger partial charge on any atom is 0.301 e. The molecule has 3 heterocycles. The molecule has 220 valence electrons. The van der Waals surface area contributed by atoms with Crippen molar-refractivity contribution in [2.24, 2.45) is 0 Å². The molecule has 1 aliphatic rings. The average molecular weight is 582 g/mol. The van der Waals surface area contributed by atoms with Crippen molar-refractivity contribution in [3.8, 4) is 5.75 Å². The average Bonchev–Trinajstić information content (AvgIpc) is 3.45. The first-order chi connectivity index (χ1) is 18.9. The second-order valence-electron chi connectivity index (χ2n) is 8.98. The van der Waals surface area contributed by atoms with Gasteiger partial charge in [-0.15, -0.1) is 0 Å². The topological polar surface area (TPSA) is 248 Å². The zero-order valence-corrected chi connectivity index (χ0v) is 23.1. The fourth-order valence-electron chi connectivity index (χ4n) is 4.07. The van der Waals surface area contributed by atoms with Gasteiger partial charge in [-0.2, -0.15) is 13.1 Å². The van der Waals surface area contributed by atoms with Crippen molar-refractivity contribution in [1.82, 2.24) is 29.0 Å². The van der Waals surface area contributed by atoms with E-state index in [1.54, 1.807) is 9.62 Å². The lowest BCUT2D eigenvalue weighted by Gasteiger charge is -2.17. The van der Waals surface area contributed by atoms with Crippen molar-refractivity contribution in [3.63, 3.8) is 0 Å². The molecule has 0 aliphatic carbocycles. The Morgan fingerprint density at radius 2 is 1.80 bits per heavy atom. The van der Waals surface area contributed by atoms with E-state index in [4.69, 9.17) is 16.2 Å². The Morgan fingerprint density at radius 3 is 2.40 bits per heavy atom. The lowest BCUT2D eigenvalue weighted by molar-refractivity contribution is -0.894. The van der Waals surface area contributed by atoms with Crippen LogP contribution in [0.25, 0.3) is 11.2 Å². The van der Waals surface area contributed by atoms with Crippen LogP contribution in [0.3, 0.4) is 0 Å². The van der Waals surface area contributed by atoms with Gasteiger partial charge in [-0.3, -0.25) is 9.36 Å². The SMILES string of the molecule is CC[NH+](CC)CC.Nc1ccc(C(=O)NS(=O)(=O)NC[C@H]2O[C@@H](n3cnc4c(N)ncnc43)[C@H](O)[C@@H]2O)c([O-])c1. The van der Waals surface area contributed by atoms with E-state index in [1.807, 2.05) is 4.72 Å². The van der Waals surface area contributed by atoms with Crippen LogP contribution in [0.15, 0.2) is 30.9 Å². The van der Waals surface area contributed by atoms with E-state index >= 15 is 0 Å². The molecule has 1 saturated heterocycles. The second kappa shape index (κ2) is 13.2. The molecule has 0 spiro atoms. The van der Waals surface area contributed by atoms with Crippen LogP contribution in [0, 0.1) is 0 Å². The molecule has 1 amide bonds. The van der Waals surface area contributed by atoms with Crippen LogP contribution in [0.5, 0.6) is 5.75 Å². The number of ether oxygens (including phenoxy) is 1. The van der Waals surface area contributed by atoms with E-state index in [-0.39, 0.29) is 22.7 Å². The van der Waals surface area contributed by atoms with Crippen LogP contribution >= 0.6 is 0 Å². The molecule has 0 unspecified atom stereocenters. The van der Waals surface area contributed by atoms with Crippen LogP contribution in [0.2, 0.25) is 0 Å². The maximum absolute atomic E-state index is 12.2. The molecule has 40 heavy (non-hydrogen) atoms. The van der Waals surface area contributed by atoms with Crippen LogP contribution in [-0.4, -0.2) is 88.5 Å². The third-order valence-electron chi connectivity index (χ3n) is 6.45. The number of rotatable bonds is 9. The van der Waals surface area contributed by atoms with Gasteiger partial charge in [0.1, 0.15) is 30.2 Å². The number of hydrogen-bond donors (Lipinski definition) is 7. The molecule has 1 fully saturated rings. The highest BCUT2D eigenvalue weighted by atomic mass is 32.2. The van der Waals surface area contributed by atoms with Gasteiger partial charge in [-0.25, -0.2) is 19.7 Å². The number of amides is 1. The number of quaternary nitrogens is 1. The summed E-state index contributed by atoms with van der Waals surface area (Å²) in [5, 5.41) is 32.6. The van der Waals surface area contributed by atoms with Crippen LogP contribution in [-0.2, 0) is 14.9 Å². The summed E-state index contributed by atoms with van der Waals surface area (Å²) in [6, 6.07) is 3.36. The monoisotopic (exact) mass is 581 g/mol. The minimum absolute atomic E-state index is 0.106. The molecule has 17 heteroatoms. The van der Waals surface area contributed by atoms with Gasteiger partial charge < -0.3 is 36.4 Å². The number of nitrogens with zero attached hydrogens (tertiary/aromatic N) is 4. The standard InChI is InChI=1S/C17H20N8O7S.C6H15N/c18-7-1-2-8(9(26)3-7)16(29)24-33(30,31)23-4-10-12(27)13(28)17(32-10)25-6-22-11-14(19)20-5-21-15(11)25;1-4-7(5-2)6-3/h1-3,5-6,10,12-13,17,23,26-28H,4,18H2,(H,24,29)(H2,19,20,21);4-6H2,1-3H3/t10-,12-,13-,17-;/m1./s1. The summed E-state index contributed by atoms with van der Waals surface area (Å²) in [7, 11) is -4.44. The number of imidazole rings is 1. The summed E-state index contributed by atoms with van der Waals surface area (Å²) in [6.45, 7) is 9.98. The molecular formula is C23H35N9O7S. The number of anilines is 2. The Morgan fingerprint density at radius 1 is 1.12 bits per heavy atom. The quantitative estimate of drug-likeness (QED) is 0.124. The van der Waals surface area contributed by atoms with E-state index in [0.717, 1.165) is 12.1 Å². The molecule has 0 bridgehead atoms. The number of benzene rings is 1. The number of fused-ring (bicyclic) bond motifs is 1. The fourth-order valence-corrected chi connectivity index (χ4v) is 4.88. The number of nitrogens with two attached hydrogens (primary N) is 2. The van der Waals surface area contributed by atoms with Gasteiger partial charge in [-0.1, -0.05) is 5.75 Å². The largest absolute Gasteiger partial charge is 0.872 e. The molecule has 2 aromatic heterocycles. The summed E-state index contributed by atoms with van der Waals surface area (Å²) in [4.78, 5) is 25.7. The number of aliphatic hydroxyl groups is 2. The molecular weight excluding hydrogens is 546 g/mol. The Kier molecular flexibility index (Phi) is 10.2. The van der Waals surface area contributed by atoms with Gasteiger partial charge in [0.15, 0.2) is 17.7 Å². The number of nitrogen functional groups attached to an aromatic ring is 2. The molecule has 4 rings (SSSR count). The summed E-state index contributed by atoms with van der Waals surface area (Å²) in [5.41, 5.74) is 11.4. The lowest BCUT2D eigenvalue weighted by Crippen LogP contribution is -3.11. The van der Waals surface area contributed by atoms with Gasteiger partial charge in [0.25, 0.3) is 5.91 Å². The fraction of sp³-hybridized carbons (Fsp3) is 0.478. The first-order valence-corrected chi connectivity index (χ1v) is 14.1. The van der Waals surface area contributed by atoms with Crippen molar-refractivity contribution >= 4 is 38.8 Å². The third-order valence-corrected chi connectivity index (χ3v) is 7.45. The van der Waals surface area contributed by atoms with E-state index in [2.05, 4.69) is 35.7 Å². The summed E-state index contributed by atoms with van der Waals surface area (Å²) >= 11 is 0. The Hall–Kier alpha value is -3.61. The van der Waals surface area contributed by atoms with Crippen LogP contribution in [0.4, 0.5) is 11.5 Å². The highest BCUT2D eigenvalue weighted by Crippen LogP contribution is 2.31. The van der Waals surface area contributed by atoms with Crippen molar-refractivity contribution in [3.05, 3.63) is 36.4 Å². The van der Waals surface area contributed by atoms with Crippen LogP contribution in [0.1, 0.15) is 37.4 Å². The Labute approximate surface area is 231 Å². The maximum atomic E-state index is 12.2. The lowest BCUT2D eigenvalue weighted by atomic mass is 10.1. The molecule has 16 nitrogen and oxygen atoms in total. The van der Waals surface area contributed by atoms with Crippen molar-refractivity contribution < 1.29 is 38.2 Å². The molecule has 1 aliphatic heterocycles. The summed E-state index contributed by atoms with van der Waals surface area (Å²) in [6.07, 6.45) is -2.82. The predicted octanol–water partition coefficient (Wildman–Crippen LogP) is -3.12. The molecule has 4 atom stereocenters. The minimum atomic E-state index is -4.44. The van der Waals surface area contributed by atoms with E-state index < -0.39 is 58.5 Å². The number of carbonyl (C=O) groups excluding carboxylic acids is 1. The molecule has 0 saturated carbocycles. The normalized spacial score (nSPS) is 20.9. The number of carbonyl (C=O) groups is 1. The zero-order valence-electron chi connectivity index (χ0n) is 22.3. The second-order valence-corrected chi connectivity index (χ2v) is 10.5. The van der Waals surface area contributed by atoms with Gasteiger partial charge in [-0.05, 0) is 39.0 Å². The van der Waals surface area contributed by atoms with Crippen LogP contribution < -0.4 is 30.9 Å². The van der Waals surface area contributed by atoms with Gasteiger partial charge in [0.2, 0.25) is 0 Å². The first kappa shape index (κ1) is 30.9. The number of aliphatic hydroxyl groups excluding tert-OH is 2. The minimum Gasteiger partial charge on any atom is -0.872 e. The number of hydrogen-bond acceptors (Lipinski definition) is 12. The smallest absolute Gasteiger partial charge is 0.301 e. The molecule has 9 N–H and O–H groups in total. The first-order valence-electron chi connectivity index (χ1n) is 12.6. The Balaban J connectivity index is 0.000000559. The van der Waals surface area contributed by atoms with Crippen molar-refractivity contribution in [1.29, 1.82) is 0 Å². The van der Waals surface area contributed by atoms with Crippen molar-refractivity contribution in [2.45, 2.75) is 45.3 Å². The molecule has 1 aromatic carbocycles. The number of nitrogens with one attached hydrogen (secondary N) is 3. The summed E-state index contributed by atoms with van der Waals surface area (Å²) in [5.74, 6) is -1.81.